The highest BCUT2D eigenvalue weighted by Gasteiger charge is 2.30. The van der Waals surface area contributed by atoms with Crippen LogP contribution in [0, 0.1) is 6.92 Å². The van der Waals surface area contributed by atoms with Crippen molar-refractivity contribution in [3.63, 3.8) is 0 Å². The number of carbonyl (C=O) groups excluding carboxylic acids is 1. The van der Waals surface area contributed by atoms with Crippen LogP contribution in [0.4, 0.5) is 10.5 Å². The maximum Gasteiger partial charge on any atom is 0.322 e. The number of aromatic nitrogens is 3. The van der Waals surface area contributed by atoms with Crippen LogP contribution in [0.3, 0.4) is 0 Å². The maximum absolute atomic E-state index is 12.6. The van der Waals surface area contributed by atoms with E-state index in [0.717, 1.165) is 38.0 Å². The molecule has 118 valence electrons. The van der Waals surface area contributed by atoms with E-state index in [1.54, 1.807) is 12.5 Å². The van der Waals surface area contributed by atoms with Gasteiger partial charge in [0.25, 0.3) is 0 Å². The molecular weight excluding hydrogens is 282 g/mol. The Hall–Kier alpha value is -2.31. The summed E-state index contributed by atoms with van der Waals surface area (Å²) >= 11 is 0. The molecule has 1 fully saturated rings. The number of imidazole rings is 1. The van der Waals surface area contributed by atoms with Gasteiger partial charge in [-0.1, -0.05) is 12.1 Å². The van der Waals surface area contributed by atoms with Crippen LogP contribution in [-0.2, 0) is 13.0 Å². The molecule has 1 unspecified atom stereocenters. The second-order valence-electron chi connectivity index (χ2n) is 5.59. The molecule has 7 heteroatoms. The lowest BCUT2D eigenvalue weighted by molar-refractivity contribution is 0.201. The molecule has 3 heterocycles. The van der Waals surface area contributed by atoms with Gasteiger partial charge in [0.05, 0.1) is 12.4 Å². The van der Waals surface area contributed by atoms with Crippen LogP contribution in [-0.4, -0.2) is 38.2 Å². The Bertz CT molecular complexity index is 634. The molecule has 0 aliphatic carbocycles. The standard InChI is InChI=1S/C15H21N5O2/c1-3-13-14(11(2)22-18-13)17-15(21)20-7-4-5-12(20)9-19-8-6-16-10-19/h6,8,10,12H,3-5,7,9H2,1-2H3,(H,17,21). The smallest absolute Gasteiger partial charge is 0.322 e. The molecule has 3 rings (SSSR count). The molecule has 1 aliphatic heterocycles. The average Bonchev–Trinajstić information content (AvgIpc) is 3.23. The third-order valence-electron chi connectivity index (χ3n) is 4.12. The molecule has 2 aromatic heterocycles. The van der Waals surface area contributed by atoms with Gasteiger partial charge in [0.15, 0.2) is 5.76 Å². The van der Waals surface area contributed by atoms with E-state index in [9.17, 15) is 4.79 Å². The Morgan fingerprint density at radius 1 is 1.55 bits per heavy atom. The minimum Gasteiger partial charge on any atom is -0.359 e. The third-order valence-corrected chi connectivity index (χ3v) is 4.12. The first-order valence-electron chi connectivity index (χ1n) is 7.67. The molecule has 0 saturated carbocycles. The number of carbonyl (C=O) groups is 1. The van der Waals surface area contributed by atoms with Crippen molar-refractivity contribution in [2.75, 3.05) is 11.9 Å². The topological polar surface area (TPSA) is 76.2 Å². The zero-order chi connectivity index (χ0) is 15.5. The monoisotopic (exact) mass is 303 g/mol. The van der Waals surface area contributed by atoms with E-state index in [4.69, 9.17) is 4.52 Å². The van der Waals surface area contributed by atoms with Gasteiger partial charge < -0.3 is 19.3 Å². The SMILES string of the molecule is CCc1noc(C)c1NC(=O)N1CCCC1Cn1ccnc1. The summed E-state index contributed by atoms with van der Waals surface area (Å²) in [5.74, 6) is 0.649. The molecule has 0 spiro atoms. The summed E-state index contributed by atoms with van der Waals surface area (Å²) < 4.78 is 7.18. The molecule has 2 amide bonds. The van der Waals surface area contributed by atoms with Crippen LogP contribution >= 0.6 is 0 Å². The third kappa shape index (κ3) is 2.84. The number of urea groups is 1. The number of hydrogen-bond donors (Lipinski definition) is 1. The molecule has 0 bridgehead atoms. The lowest BCUT2D eigenvalue weighted by Crippen LogP contribution is -2.40. The molecular formula is C15H21N5O2. The molecule has 1 N–H and O–H groups in total. The number of rotatable bonds is 4. The Kier molecular flexibility index (Phi) is 4.13. The zero-order valence-electron chi connectivity index (χ0n) is 13.0. The summed E-state index contributed by atoms with van der Waals surface area (Å²) in [5.41, 5.74) is 1.50. The van der Waals surface area contributed by atoms with Crippen molar-refractivity contribution in [2.24, 2.45) is 0 Å². The first-order chi connectivity index (χ1) is 10.7. The van der Waals surface area contributed by atoms with Crippen LogP contribution < -0.4 is 5.32 Å². The minimum atomic E-state index is -0.0800. The number of aryl methyl sites for hydroxylation is 2. The molecule has 22 heavy (non-hydrogen) atoms. The van der Waals surface area contributed by atoms with E-state index in [-0.39, 0.29) is 12.1 Å². The van der Waals surface area contributed by atoms with E-state index in [1.165, 1.54) is 0 Å². The van der Waals surface area contributed by atoms with Gasteiger partial charge in [-0.25, -0.2) is 9.78 Å². The van der Waals surface area contributed by atoms with Gasteiger partial charge in [-0.05, 0) is 26.2 Å². The first kappa shape index (κ1) is 14.6. The lowest BCUT2D eigenvalue weighted by Gasteiger charge is -2.25. The number of likely N-dealkylation sites (tertiary alicyclic amines) is 1. The molecule has 0 radical (unpaired) electrons. The molecule has 1 aliphatic rings. The largest absolute Gasteiger partial charge is 0.359 e. The highest BCUT2D eigenvalue weighted by Crippen LogP contribution is 2.24. The van der Waals surface area contributed by atoms with Gasteiger partial charge in [-0.15, -0.1) is 0 Å². The van der Waals surface area contributed by atoms with Crippen LogP contribution in [0.15, 0.2) is 23.2 Å². The molecule has 2 aromatic rings. The van der Waals surface area contributed by atoms with E-state index < -0.39 is 0 Å². The molecule has 1 atom stereocenters. The van der Waals surface area contributed by atoms with Crippen LogP contribution in [0.5, 0.6) is 0 Å². The number of nitrogens with zero attached hydrogens (tertiary/aromatic N) is 4. The highest BCUT2D eigenvalue weighted by atomic mass is 16.5. The van der Waals surface area contributed by atoms with Gasteiger partial charge in [0.2, 0.25) is 0 Å². The van der Waals surface area contributed by atoms with E-state index in [0.29, 0.717) is 11.4 Å². The second kappa shape index (κ2) is 6.21. The summed E-state index contributed by atoms with van der Waals surface area (Å²) in [6.45, 7) is 5.35. The Morgan fingerprint density at radius 2 is 2.41 bits per heavy atom. The number of anilines is 1. The summed E-state index contributed by atoms with van der Waals surface area (Å²) in [4.78, 5) is 18.5. The zero-order valence-corrected chi connectivity index (χ0v) is 13.0. The molecule has 1 saturated heterocycles. The van der Waals surface area contributed by atoms with Crippen molar-refractivity contribution in [3.8, 4) is 0 Å². The van der Waals surface area contributed by atoms with Crippen molar-refractivity contribution in [1.82, 2.24) is 19.6 Å². The van der Waals surface area contributed by atoms with Gasteiger partial charge in [0, 0.05) is 25.5 Å². The van der Waals surface area contributed by atoms with Crippen molar-refractivity contribution in [2.45, 2.75) is 45.7 Å². The quantitative estimate of drug-likeness (QED) is 0.941. The summed E-state index contributed by atoms with van der Waals surface area (Å²) in [6, 6.07) is 0.114. The number of amides is 2. The number of hydrogen-bond acceptors (Lipinski definition) is 4. The summed E-state index contributed by atoms with van der Waals surface area (Å²) in [5, 5.41) is 6.94. The summed E-state index contributed by atoms with van der Waals surface area (Å²) in [6.07, 6.45) is 8.23. The Balaban J connectivity index is 1.69. The molecule has 7 nitrogen and oxygen atoms in total. The summed E-state index contributed by atoms with van der Waals surface area (Å²) in [7, 11) is 0. The molecule has 0 aromatic carbocycles. The average molecular weight is 303 g/mol. The Labute approximate surface area is 129 Å². The predicted molar refractivity (Wildman–Crippen MR) is 81.6 cm³/mol. The van der Waals surface area contributed by atoms with E-state index >= 15 is 0 Å². The van der Waals surface area contributed by atoms with Crippen molar-refractivity contribution in [3.05, 3.63) is 30.2 Å². The van der Waals surface area contributed by atoms with Gasteiger partial charge in [0.1, 0.15) is 11.4 Å². The minimum absolute atomic E-state index is 0.0800. The van der Waals surface area contributed by atoms with Crippen LogP contribution in [0.2, 0.25) is 0 Å². The van der Waals surface area contributed by atoms with Crippen molar-refractivity contribution < 1.29 is 9.32 Å². The fraction of sp³-hybridized carbons (Fsp3) is 0.533. The van der Waals surface area contributed by atoms with E-state index in [2.05, 4.69) is 15.5 Å². The predicted octanol–water partition coefficient (Wildman–Crippen LogP) is 2.44. The maximum atomic E-state index is 12.6. The number of nitrogens with one attached hydrogen (secondary N) is 1. The normalized spacial score (nSPS) is 17.9. The fourth-order valence-corrected chi connectivity index (χ4v) is 2.93. The van der Waals surface area contributed by atoms with Gasteiger partial charge in [-0.2, -0.15) is 0 Å². The van der Waals surface area contributed by atoms with Gasteiger partial charge in [-0.3, -0.25) is 0 Å². The van der Waals surface area contributed by atoms with Crippen molar-refractivity contribution in [1.29, 1.82) is 0 Å². The van der Waals surface area contributed by atoms with Crippen molar-refractivity contribution >= 4 is 11.7 Å². The highest BCUT2D eigenvalue weighted by molar-refractivity contribution is 5.90. The van der Waals surface area contributed by atoms with Crippen LogP contribution in [0.1, 0.15) is 31.2 Å². The first-order valence-corrected chi connectivity index (χ1v) is 7.67. The Morgan fingerprint density at radius 3 is 3.14 bits per heavy atom. The van der Waals surface area contributed by atoms with Crippen LogP contribution in [0.25, 0.3) is 0 Å². The fourth-order valence-electron chi connectivity index (χ4n) is 2.93. The second-order valence-corrected chi connectivity index (χ2v) is 5.59. The lowest BCUT2D eigenvalue weighted by atomic mass is 10.2. The van der Waals surface area contributed by atoms with E-state index in [1.807, 2.05) is 29.5 Å². The van der Waals surface area contributed by atoms with Gasteiger partial charge >= 0.3 is 6.03 Å².